The average Bonchev–Trinajstić information content (AvgIpc) is 2.42. The topological polar surface area (TPSA) is 46.2 Å². The highest BCUT2D eigenvalue weighted by Gasteiger charge is 2.10. The summed E-state index contributed by atoms with van der Waals surface area (Å²) in [5, 5.41) is 10.1. The van der Waals surface area contributed by atoms with Gasteiger partial charge in [0.1, 0.15) is 0 Å². The number of aliphatic hydroxyl groups is 1. The molecule has 2 rings (SSSR count). The Morgan fingerprint density at radius 1 is 1.46 bits per heavy atom. The quantitative estimate of drug-likeness (QED) is 0.500. The predicted octanol–water partition coefficient (Wildman–Crippen LogP) is 2.26. The summed E-state index contributed by atoms with van der Waals surface area (Å²) in [7, 11) is 0. The molecule has 0 amide bonds. The minimum Gasteiger partial charge on any atom is -0.398 e. The number of hydrogen-bond acceptors (Lipinski definition) is 4. The average molecular weight is 211 g/mol. The molecule has 0 saturated carbocycles. The molecule has 68 valence electrons. The van der Waals surface area contributed by atoms with Gasteiger partial charge in [0.25, 0.3) is 0 Å². The van der Waals surface area contributed by atoms with E-state index in [9.17, 15) is 0 Å². The molecule has 1 heterocycles. The van der Waals surface area contributed by atoms with Gasteiger partial charge in [0.2, 0.25) is 0 Å². The van der Waals surface area contributed by atoms with Crippen molar-refractivity contribution in [3.63, 3.8) is 0 Å². The number of nitrogens with two attached hydrogens (primary N) is 1. The SMILES string of the molecule is Nc1cccc2sc(S)c(CO)c12. The lowest BCUT2D eigenvalue weighted by atomic mass is 10.1. The van der Waals surface area contributed by atoms with Crippen molar-refractivity contribution in [1.82, 2.24) is 0 Å². The van der Waals surface area contributed by atoms with E-state index >= 15 is 0 Å². The van der Waals surface area contributed by atoms with Crippen LogP contribution in [0.3, 0.4) is 0 Å². The summed E-state index contributed by atoms with van der Waals surface area (Å²) in [6.07, 6.45) is 0. The number of rotatable bonds is 1. The monoisotopic (exact) mass is 211 g/mol. The second kappa shape index (κ2) is 3.21. The molecule has 13 heavy (non-hydrogen) atoms. The third kappa shape index (κ3) is 1.31. The van der Waals surface area contributed by atoms with E-state index in [4.69, 9.17) is 10.8 Å². The van der Waals surface area contributed by atoms with Crippen molar-refractivity contribution >= 4 is 39.7 Å². The Morgan fingerprint density at radius 2 is 2.23 bits per heavy atom. The van der Waals surface area contributed by atoms with Crippen LogP contribution in [0.25, 0.3) is 10.1 Å². The fourth-order valence-electron chi connectivity index (χ4n) is 1.38. The van der Waals surface area contributed by atoms with Crippen LogP contribution in [0.1, 0.15) is 5.56 Å². The number of aliphatic hydroxyl groups excluding tert-OH is 1. The van der Waals surface area contributed by atoms with Crippen molar-refractivity contribution in [2.24, 2.45) is 0 Å². The normalized spacial score (nSPS) is 10.9. The molecule has 2 nitrogen and oxygen atoms in total. The lowest BCUT2D eigenvalue weighted by Gasteiger charge is -1.98. The maximum absolute atomic E-state index is 9.13. The number of nitrogen functional groups attached to an aromatic ring is 1. The molecule has 0 spiro atoms. The van der Waals surface area contributed by atoms with Gasteiger partial charge in [-0.25, -0.2) is 0 Å². The Balaban J connectivity index is 2.88. The molecular weight excluding hydrogens is 202 g/mol. The van der Waals surface area contributed by atoms with Crippen molar-refractivity contribution in [1.29, 1.82) is 0 Å². The van der Waals surface area contributed by atoms with Gasteiger partial charge in [-0.3, -0.25) is 0 Å². The zero-order valence-corrected chi connectivity index (χ0v) is 8.53. The summed E-state index contributed by atoms with van der Waals surface area (Å²) in [4.78, 5) is 0. The van der Waals surface area contributed by atoms with Crippen LogP contribution in [-0.2, 0) is 6.61 Å². The molecule has 0 radical (unpaired) electrons. The first-order valence-corrected chi connectivity index (χ1v) is 5.10. The summed E-state index contributed by atoms with van der Waals surface area (Å²) >= 11 is 5.83. The predicted molar refractivity (Wildman–Crippen MR) is 59.4 cm³/mol. The number of hydrogen-bond donors (Lipinski definition) is 3. The zero-order valence-electron chi connectivity index (χ0n) is 6.82. The van der Waals surface area contributed by atoms with Crippen LogP contribution in [0.5, 0.6) is 0 Å². The fourth-order valence-corrected chi connectivity index (χ4v) is 2.84. The molecule has 0 aliphatic carbocycles. The van der Waals surface area contributed by atoms with Gasteiger partial charge >= 0.3 is 0 Å². The molecular formula is C9H9NOS2. The number of anilines is 1. The van der Waals surface area contributed by atoms with E-state index in [1.165, 1.54) is 0 Å². The minimum atomic E-state index is -0.00690. The molecule has 0 fully saturated rings. The summed E-state index contributed by atoms with van der Waals surface area (Å²) < 4.78 is 1.92. The van der Waals surface area contributed by atoms with Gasteiger partial charge < -0.3 is 10.8 Å². The van der Waals surface area contributed by atoms with Crippen LogP contribution in [0.15, 0.2) is 22.4 Å². The molecule has 0 unspecified atom stereocenters. The first-order valence-electron chi connectivity index (χ1n) is 3.83. The lowest BCUT2D eigenvalue weighted by molar-refractivity contribution is 0.281. The van der Waals surface area contributed by atoms with Crippen LogP contribution in [0, 0.1) is 0 Å². The molecule has 0 saturated heterocycles. The maximum atomic E-state index is 9.13. The smallest absolute Gasteiger partial charge is 0.0707 e. The van der Waals surface area contributed by atoms with E-state index in [2.05, 4.69) is 12.6 Å². The highest BCUT2D eigenvalue weighted by Crippen LogP contribution is 2.36. The number of fused-ring (bicyclic) bond motifs is 1. The Morgan fingerprint density at radius 3 is 2.92 bits per heavy atom. The van der Waals surface area contributed by atoms with Gasteiger partial charge in [0.05, 0.1) is 10.8 Å². The van der Waals surface area contributed by atoms with E-state index in [1.807, 2.05) is 18.2 Å². The molecule has 1 aromatic heterocycles. The Kier molecular flexibility index (Phi) is 2.19. The van der Waals surface area contributed by atoms with Crippen molar-refractivity contribution in [2.45, 2.75) is 10.8 Å². The first-order chi connectivity index (χ1) is 6.24. The summed E-state index contributed by atoms with van der Waals surface area (Å²) in [6, 6.07) is 5.72. The standard InChI is InChI=1S/C9H9NOS2/c10-6-2-1-3-7-8(6)5(4-11)9(12)13-7/h1-3,11-12H,4,10H2. The van der Waals surface area contributed by atoms with Gasteiger partial charge in [-0.05, 0) is 12.1 Å². The number of thiophene rings is 1. The lowest BCUT2D eigenvalue weighted by Crippen LogP contribution is -1.88. The molecule has 0 bridgehead atoms. The highest BCUT2D eigenvalue weighted by atomic mass is 32.2. The highest BCUT2D eigenvalue weighted by molar-refractivity contribution is 7.83. The third-order valence-corrected chi connectivity index (χ3v) is 3.53. The third-order valence-electron chi connectivity index (χ3n) is 1.98. The molecule has 3 N–H and O–H groups in total. The van der Waals surface area contributed by atoms with Gasteiger partial charge in [-0.2, -0.15) is 0 Å². The summed E-state index contributed by atoms with van der Waals surface area (Å²) in [5.41, 5.74) is 7.35. The van der Waals surface area contributed by atoms with E-state index in [0.29, 0.717) is 5.69 Å². The fraction of sp³-hybridized carbons (Fsp3) is 0.111. The second-order valence-electron chi connectivity index (χ2n) is 2.76. The largest absolute Gasteiger partial charge is 0.398 e. The molecule has 4 heteroatoms. The summed E-state index contributed by atoms with van der Waals surface area (Å²) in [5.74, 6) is 0. The van der Waals surface area contributed by atoms with Gasteiger partial charge in [0.15, 0.2) is 0 Å². The molecule has 1 aromatic carbocycles. The second-order valence-corrected chi connectivity index (χ2v) is 4.57. The van der Waals surface area contributed by atoms with Crippen LogP contribution in [-0.4, -0.2) is 5.11 Å². The van der Waals surface area contributed by atoms with Crippen LogP contribution in [0.2, 0.25) is 0 Å². The first kappa shape index (κ1) is 8.87. The van der Waals surface area contributed by atoms with E-state index in [1.54, 1.807) is 11.3 Å². The molecule has 0 atom stereocenters. The minimum absolute atomic E-state index is 0.00690. The molecule has 0 aliphatic rings. The van der Waals surface area contributed by atoms with E-state index in [0.717, 1.165) is 19.9 Å². The molecule has 2 aromatic rings. The summed E-state index contributed by atoms with van der Waals surface area (Å²) in [6.45, 7) is -0.00690. The van der Waals surface area contributed by atoms with Crippen molar-refractivity contribution in [2.75, 3.05) is 5.73 Å². The maximum Gasteiger partial charge on any atom is 0.0707 e. The van der Waals surface area contributed by atoms with Gasteiger partial charge in [0, 0.05) is 21.3 Å². The zero-order chi connectivity index (χ0) is 9.42. The van der Waals surface area contributed by atoms with Crippen molar-refractivity contribution in [3.05, 3.63) is 23.8 Å². The Labute approximate surface area is 85.4 Å². The van der Waals surface area contributed by atoms with Gasteiger partial charge in [-0.1, -0.05) is 6.07 Å². The van der Waals surface area contributed by atoms with Gasteiger partial charge in [-0.15, -0.1) is 24.0 Å². The molecule has 0 aliphatic heterocycles. The van der Waals surface area contributed by atoms with Crippen LogP contribution in [0.4, 0.5) is 5.69 Å². The van der Waals surface area contributed by atoms with Crippen molar-refractivity contribution < 1.29 is 5.11 Å². The Hall–Kier alpha value is -0.710. The number of thiol groups is 1. The van der Waals surface area contributed by atoms with Crippen molar-refractivity contribution in [3.8, 4) is 0 Å². The Bertz CT molecular complexity index is 450. The van der Waals surface area contributed by atoms with Crippen LogP contribution >= 0.6 is 24.0 Å². The van der Waals surface area contributed by atoms with Crippen LogP contribution < -0.4 is 5.73 Å². The van der Waals surface area contributed by atoms with E-state index in [-0.39, 0.29) is 6.61 Å². The number of benzene rings is 1. The van der Waals surface area contributed by atoms with E-state index < -0.39 is 0 Å².